The summed E-state index contributed by atoms with van der Waals surface area (Å²) in [5.41, 5.74) is -0.962. The van der Waals surface area contributed by atoms with Crippen molar-refractivity contribution in [2.24, 2.45) is 10.9 Å². The van der Waals surface area contributed by atoms with Gasteiger partial charge in [-0.15, -0.1) is 0 Å². The lowest BCUT2D eigenvalue weighted by atomic mass is 10.1. The summed E-state index contributed by atoms with van der Waals surface area (Å²) in [5, 5.41) is 5.98. The third kappa shape index (κ3) is 6.01. The third-order valence-electron chi connectivity index (χ3n) is 3.99. The summed E-state index contributed by atoms with van der Waals surface area (Å²) in [6.45, 7) is 6.08. The predicted molar refractivity (Wildman–Crippen MR) is 93.1 cm³/mol. The minimum Gasteiger partial charge on any atom is -0.381 e. The van der Waals surface area contributed by atoms with Crippen LogP contribution in [0.15, 0.2) is 17.3 Å². The van der Waals surface area contributed by atoms with E-state index in [4.69, 9.17) is 4.74 Å². The zero-order chi connectivity index (χ0) is 19.0. The fraction of sp³-hybridized carbons (Fsp3) is 0.688. The van der Waals surface area contributed by atoms with Crippen LogP contribution in [0.5, 0.6) is 0 Å². The van der Waals surface area contributed by atoms with Crippen molar-refractivity contribution in [2.45, 2.75) is 19.5 Å². The largest absolute Gasteiger partial charge is 0.433 e. The molecule has 1 saturated heterocycles. The Balaban J connectivity index is 1.75. The van der Waals surface area contributed by atoms with Crippen LogP contribution >= 0.6 is 0 Å². The standard InChI is InChI=1S/C16H25F3N6O/c1-3-26-11-12-5-9-25(10-12)15(20-2)23-8-7-22-14-21-6-4-13(24-14)16(17,18)19/h4,6,12H,3,5,7-11H2,1-2H3,(H,20,23)(H,21,22,24). The first-order valence-electron chi connectivity index (χ1n) is 8.61. The zero-order valence-corrected chi connectivity index (χ0v) is 15.0. The minimum absolute atomic E-state index is 0.0467. The monoisotopic (exact) mass is 374 g/mol. The van der Waals surface area contributed by atoms with Crippen LogP contribution in [0.3, 0.4) is 0 Å². The molecular weight excluding hydrogens is 349 g/mol. The van der Waals surface area contributed by atoms with Crippen LogP contribution in [0, 0.1) is 5.92 Å². The highest BCUT2D eigenvalue weighted by molar-refractivity contribution is 5.80. The maximum atomic E-state index is 12.6. The number of alkyl halides is 3. The number of halogens is 3. The first-order valence-corrected chi connectivity index (χ1v) is 8.61. The van der Waals surface area contributed by atoms with Gasteiger partial charge in [-0.2, -0.15) is 13.2 Å². The Morgan fingerprint density at radius 3 is 2.92 bits per heavy atom. The molecule has 0 radical (unpaired) electrons. The number of ether oxygens (including phenoxy) is 1. The molecule has 10 heteroatoms. The summed E-state index contributed by atoms with van der Waals surface area (Å²) >= 11 is 0. The second-order valence-corrected chi connectivity index (χ2v) is 5.92. The summed E-state index contributed by atoms with van der Waals surface area (Å²) in [4.78, 5) is 13.7. The molecule has 1 unspecified atom stereocenters. The Hall–Kier alpha value is -2.10. The average molecular weight is 374 g/mol. The van der Waals surface area contributed by atoms with E-state index in [1.54, 1.807) is 7.05 Å². The van der Waals surface area contributed by atoms with Gasteiger partial charge in [0.1, 0.15) is 5.69 Å². The third-order valence-corrected chi connectivity index (χ3v) is 3.99. The number of nitrogens with zero attached hydrogens (tertiary/aromatic N) is 4. The van der Waals surface area contributed by atoms with Crippen LogP contribution in [-0.4, -0.2) is 67.3 Å². The SMILES string of the molecule is CCOCC1CCN(C(=NC)NCCNc2nccc(C(F)(F)F)n2)C1. The van der Waals surface area contributed by atoms with Crippen LogP contribution in [0.2, 0.25) is 0 Å². The lowest BCUT2D eigenvalue weighted by Gasteiger charge is -2.21. The molecule has 0 saturated carbocycles. The van der Waals surface area contributed by atoms with Gasteiger partial charge in [0.05, 0.1) is 6.61 Å². The summed E-state index contributed by atoms with van der Waals surface area (Å²) in [5.74, 6) is 1.22. The summed E-state index contributed by atoms with van der Waals surface area (Å²) in [6, 6.07) is 0.845. The van der Waals surface area contributed by atoms with E-state index in [0.29, 0.717) is 25.6 Å². The van der Waals surface area contributed by atoms with E-state index in [1.807, 2.05) is 6.92 Å². The van der Waals surface area contributed by atoms with Gasteiger partial charge in [0.2, 0.25) is 5.95 Å². The normalized spacial score (nSPS) is 18.3. The summed E-state index contributed by atoms with van der Waals surface area (Å²) in [7, 11) is 1.71. The van der Waals surface area contributed by atoms with Gasteiger partial charge in [0, 0.05) is 51.9 Å². The highest BCUT2D eigenvalue weighted by Gasteiger charge is 2.32. The molecule has 1 atom stereocenters. The van der Waals surface area contributed by atoms with Crippen molar-refractivity contribution in [1.82, 2.24) is 20.2 Å². The minimum atomic E-state index is -4.48. The van der Waals surface area contributed by atoms with Crippen LogP contribution in [-0.2, 0) is 10.9 Å². The molecule has 0 bridgehead atoms. The Kier molecular flexibility index (Phi) is 7.43. The molecule has 1 aliphatic rings. The average Bonchev–Trinajstić information content (AvgIpc) is 3.08. The van der Waals surface area contributed by atoms with E-state index < -0.39 is 11.9 Å². The van der Waals surface area contributed by atoms with E-state index in [9.17, 15) is 13.2 Å². The van der Waals surface area contributed by atoms with Crippen molar-refractivity contribution in [1.29, 1.82) is 0 Å². The van der Waals surface area contributed by atoms with Crippen molar-refractivity contribution < 1.29 is 17.9 Å². The van der Waals surface area contributed by atoms with Gasteiger partial charge in [0.25, 0.3) is 0 Å². The lowest BCUT2D eigenvalue weighted by Crippen LogP contribution is -2.42. The molecule has 1 aromatic rings. The molecule has 7 nitrogen and oxygen atoms in total. The van der Waals surface area contributed by atoms with E-state index in [0.717, 1.165) is 44.3 Å². The van der Waals surface area contributed by atoms with Crippen molar-refractivity contribution in [3.63, 3.8) is 0 Å². The highest BCUT2D eigenvalue weighted by Crippen LogP contribution is 2.27. The van der Waals surface area contributed by atoms with Crippen LogP contribution in [0.1, 0.15) is 19.0 Å². The van der Waals surface area contributed by atoms with Crippen molar-refractivity contribution in [3.05, 3.63) is 18.0 Å². The number of aromatic nitrogens is 2. The number of aliphatic imine (C=N–C) groups is 1. The first-order chi connectivity index (χ1) is 12.4. The quantitative estimate of drug-likeness (QED) is 0.431. The van der Waals surface area contributed by atoms with Crippen molar-refractivity contribution >= 4 is 11.9 Å². The summed E-state index contributed by atoms with van der Waals surface area (Å²) < 4.78 is 43.4. The zero-order valence-electron chi connectivity index (χ0n) is 15.0. The molecule has 2 heterocycles. The van der Waals surface area contributed by atoms with E-state index >= 15 is 0 Å². The van der Waals surface area contributed by atoms with Gasteiger partial charge in [0.15, 0.2) is 5.96 Å². The van der Waals surface area contributed by atoms with Crippen LogP contribution < -0.4 is 10.6 Å². The van der Waals surface area contributed by atoms with Gasteiger partial charge in [-0.05, 0) is 19.4 Å². The highest BCUT2D eigenvalue weighted by atomic mass is 19.4. The number of likely N-dealkylation sites (tertiary alicyclic amines) is 1. The Labute approximate surface area is 151 Å². The Bertz CT molecular complexity index is 596. The number of nitrogens with one attached hydrogen (secondary N) is 2. The summed E-state index contributed by atoms with van der Waals surface area (Å²) in [6.07, 6.45) is -2.34. The molecule has 146 valence electrons. The van der Waals surface area contributed by atoms with E-state index in [2.05, 4.69) is 30.5 Å². The second kappa shape index (κ2) is 9.56. The molecular formula is C16H25F3N6O. The molecule has 26 heavy (non-hydrogen) atoms. The Morgan fingerprint density at radius 1 is 1.42 bits per heavy atom. The van der Waals surface area contributed by atoms with Crippen molar-refractivity contribution in [2.75, 3.05) is 51.8 Å². The molecule has 2 N–H and O–H groups in total. The lowest BCUT2D eigenvalue weighted by molar-refractivity contribution is -0.141. The smallest absolute Gasteiger partial charge is 0.381 e. The van der Waals surface area contributed by atoms with E-state index in [-0.39, 0.29) is 5.95 Å². The van der Waals surface area contributed by atoms with Crippen LogP contribution in [0.25, 0.3) is 0 Å². The van der Waals surface area contributed by atoms with Crippen molar-refractivity contribution in [3.8, 4) is 0 Å². The Morgan fingerprint density at radius 2 is 2.23 bits per heavy atom. The topological polar surface area (TPSA) is 74.7 Å². The molecule has 0 aromatic carbocycles. The van der Waals surface area contributed by atoms with Gasteiger partial charge in [-0.1, -0.05) is 0 Å². The number of anilines is 1. The van der Waals surface area contributed by atoms with Crippen LogP contribution in [0.4, 0.5) is 19.1 Å². The molecule has 0 aliphatic carbocycles. The molecule has 2 rings (SSSR count). The fourth-order valence-electron chi connectivity index (χ4n) is 2.73. The molecule has 1 aromatic heterocycles. The maximum absolute atomic E-state index is 12.6. The molecule has 1 fully saturated rings. The first kappa shape index (κ1) is 20.2. The van der Waals surface area contributed by atoms with E-state index in [1.165, 1.54) is 0 Å². The second-order valence-electron chi connectivity index (χ2n) is 5.92. The molecule has 1 aliphatic heterocycles. The van der Waals surface area contributed by atoms with Gasteiger partial charge in [-0.25, -0.2) is 9.97 Å². The number of rotatable bonds is 7. The van der Waals surface area contributed by atoms with Gasteiger partial charge >= 0.3 is 6.18 Å². The van der Waals surface area contributed by atoms with Gasteiger partial charge in [-0.3, -0.25) is 4.99 Å². The maximum Gasteiger partial charge on any atom is 0.433 e. The number of guanidine groups is 1. The molecule has 0 spiro atoms. The fourth-order valence-corrected chi connectivity index (χ4v) is 2.73. The number of hydrogen-bond acceptors (Lipinski definition) is 5. The van der Waals surface area contributed by atoms with Gasteiger partial charge < -0.3 is 20.3 Å². The number of hydrogen-bond donors (Lipinski definition) is 2. The molecule has 0 amide bonds. The predicted octanol–water partition coefficient (Wildman–Crippen LogP) is 1.84.